The number of aromatic nitrogens is 2. The van der Waals surface area contributed by atoms with Gasteiger partial charge in [-0.2, -0.15) is 0 Å². The molecule has 2 aromatic heterocycles. The number of hydrogen-bond acceptors (Lipinski definition) is 5. The second kappa shape index (κ2) is 11.5. The van der Waals surface area contributed by atoms with Crippen LogP contribution in [0, 0.1) is 5.92 Å². The van der Waals surface area contributed by atoms with Crippen LogP contribution in [-0.2, 0) is 6.42 Å². The minimum atomic E-state index is -0.129. The molecular weight excluding hydrogens is 474 g/mol. The van der Waals surface area contributed by atoms with Crippen LogP contribution in [0.15, 0.2) is 67.0 Å². The zero-order valence-electron chi connectivity index (χ0n) is 22.0. The average Bonchev–Trinajstić information content (AvgIpc) is 3.77. The first-order chi connectivity index (χ1) is 18.6. The molecule has 0 aliphatic heterocycles. The van der Waals surface area contributed by atoms with Gasteiger partial charge in [0.05, 0.1) is 23.9 Å². The molecule has 0 radical (unpaired) electrons. The molecule has 194 valence electrons. The van der Waals surface area contributed by atoms with Gasteiger partial charge in [-0.05, 0) is 60.9 Å². The Kier molecular flexibility index (Phi) is 7.78. The van der Waals surface area contributed by atoms with E-state index in [4.69, 9.17) is 4.74 Å². The highest BCUT2D eigenvalue weighted by molar-refractivity contribution is 6.03. The van der Waals surface area contributed by atoms with Crippen molar-refractivity contribution in [3.63, 3.8) is 0 Å². The third-order valence-electron chi connectivity index (χ3n) is 7.11. The van der Waals surface area contributed by atoms with Crippen molar-refractivity contribution < 1.29 is 14.3 Å². The molecule has 1 aliphatic rings. The first kappa shape index (κ1) is 25.6. The van der Waals surface area contributed by atoms with Crippen LogP contribution in [0.25, 0.3) is 22.2 Å². The fourth-order valence-corrected chi connectivity index (χ4v) is 4.74. The van der Waals surface area contributed by atoms with Crippen molar-refractivity contribution >= 4 is 22.6 Å². The Hall–Kier alpha value is -4.06. The van der Waals surface area contributed by atoms with Crippen molar-refractivity contribution in [3.05, 3.63) is 89.2 Å². The number of nitrogens with one attached hydrogen (secondary N) is 1. The van der Waals surface area contributed by atoms with E-state index >= 15 is 0 Å². The first-order valence-corrected chi connectivity index (χ1v) is 13.4. The van der Waals surface area contributed by atoms with Crippen LogP contribution in [0.2, 0.25) is 0 Å². The fraction of sp³-hybridized carbons (Fsp3) is 0.312. The van der Waals surface area contributed by atoms with Gasteiger partial charge in [-0.3, -0.25) is 19.6 Å². The molecule has 0 atom stereocenters. The van der Waals surface area contributed by atoms with Gasteiger partial charge in [0.15, 0.2) is 5.78 Å². The number of fused-ring (bicyclic) bond motifs is 1. The van der Waals surface area contributed by atoms with Gasteiger partial charge in [-0.1, -0.05) is 43.7 Å². The lowest BCUT2D eigenvalue weighted by atomic mass is 9.92. The quantitative estimate of drug-likeness (QED) is 0.187. The summed E-state index contributed by atoms with van der Waals surface area (Å²) in [5.41, 5.74) is 5.57. The summed E-state index contributed by atoms with van der Waals surface area (Å²) in [6.07, 6.45) is 8.74. The minimum absolute atomic E-state index is 0.129. The van der Waals surface area contributed by atoms with E-state index in [0.29, 0.717) is 47.9 Å². The molecule has 2 heterocycles. The highest BCUT2D eigenvalue weighted by atomic mass is 16.5. The van der Waals surface area contributed by atoms with Gasteiger partial charge in [0.25, 0.3) is 5.91 Å². The van der Waals surface area contributed by atoms with Crippen molar-refractivity contribution in [3.8, 4) is 17.0 Å². The Bertz CT molecular complexity index is 1440. The number of carbonyl (C=O) groups is 2. The zero-order valence-corrected chi connectivity index (χ0v) is 22.0. The number of nitrogens with zero attached hydrogens (tertiary/aromatic N) is 2. The Morgan fingerprint density at radius 1 is 1.03 bits per heavy atom. The number of methoxy groups -OCH3 is 1. The Balaban J connectivity index is 1.57. The number of amides is 1. The van der Waals surface area contributed by atoms with E-state index < -0.39 is 0 Å². The van der Waals surface area contributed by atoms with E-state index in [9.17, 15) is 9.59 Å². The number of unbranched alkanes of at least 4 members (excludes halogenated alkanes) is 1. The topological polar surface area (TPSA) is 81.2 Å². The van der Waals surface area contributed by atoms with Gasteiger partial charge in [-0.15, -0.1) is 0 Å². The molecule has 6 heteroatoms. The van der Waals surface area contributed by atoms with E-state index in [1.807, 2.05) is 36.4 Å². The van der Waals surface area contributed by atoms with Gasteiger partial charge in [0.1, 0.15) is 5.75 Å². The van der Waals surface area contributed by atoms with Crippen LogP contribution in [0.4, 0.5) is 0 Å². The van der Waals surface area contributed by atoms with E-state index in [1.54, 1.807) is 25.6 Å². The van der Waals surface area contributed by atoms with Crippen molar-refractivity contribution in [1.29, 1.82) is 0 Å². The number of hydrogen-bond donors (Lipinski definition) is 1. The number of benzene rings is 2. The van der Waals surface area contributed by atoms with Crippen molar-refractivity contribution in [2.75, 3.05) is 13.7 Å². The predicted octanol–water partition coefficient (Wildman–Crippen LogP) is 6.41. The van der Waals surface area contributed by atoms with Gasteiger partial charge in [0, 0.05) is 47.9 Å². The van der Waals surface area contributed by atoms with Crippen LogP contribution in [0.1, 0.15) is 70.9 Å². The second-order valence-corrected chi connectivity index (χ2v) is 9.99. The molecule has 0 saturated heterocycles. The average molecular weight is 508 g/mol. The lowest BCUT2D eigenvalue weighted by Crippen LogP contribution is -2.24. The monoisotopic (exact) mass is 507 g/mol. The van der Waals surface area contributed by atoms with Crippen molar-refractivity contribution in [2.45, 2.75) is 45.4 Å². The molecule has 1 aliphatic carbocycles. The normalized spacial score (nSPS) is 12.9. The maximum Gasteiger partial charge on any atom is 0.252 e. The van der Waals surface area contributed by atoms with Gasteiger partial charge in [-0.25, -0.2) is 0 Å². The van der Waals surface area contributed by atoms with Crippen LogP contribution in [-0.4, -0.2) is 35.3 Å². The Morgan fingerprint density at radius 3 is 2.53 bits per heavy atom. The number of ketones is 1. The molecule has 38 heavy (non-hydrogen) atoms. The van der Waals surface area contributed by atoms with Crippen LogP contribution < -0.4 is 10.1 Å². The van der Waals surface area contributed by atoms with E-state index in [1.165, 1.54) is 0 Å². The number of rotatable bonds is 11. The summed E-state index contributed by atoms with van der Waals surface area (Å²) in [7, 11) is 1.62. The number of Topliss-reactive ketones (excluding diaryl/α,β-unsaturated/α-hetero) is 1. The molecule has 1 fully saturated rings. The summed E-state index contributed by atoms with van der Waals surface area (Å²) in [4.78, 5) is 35.0. The highest BCUT2D eigenvalue weighted by Gasteiger charge is 2.27. The summed E-state index contributed by atoms with van der Waals surface area (Å²) < 4.78 is 5.72. The standard InChI is InChI=1S/C32H33N3O3/c1-3-4-14-33-32(37)23-12-13-28(34-19-23)26-17-25-24(15-21-8-6-5-7-9-21)27(30(36)16-22-10-11-22)20-35-29(25)18-31(26)38-2/h5-9,12-13,17-20,22H,3-4,10-11,14-16H2,1-2H3,(H,33,37). The molecule has 1 saturated carbocycles. The van der Waals surface area contributed by atoms with Crippen molar-refractivity contribution in [1.82, 2.24) is 15.3 Å². The summed E-state index contributed by atoms with van der Waals surface area (Å²) in [5, 5.41) is 3.84. The third kappa shape index (κ3) is 5.75. The van der Waals surface area contributed by atoms with E-state index in [-0.39, 0.29) is 11.7 Å². The summed E-state index contributed by atoms with van der Waals surface area (Å²) in [6.45, 7) is 2.74. The van der Waals surface area contributed by atoms with E-state index in [0.717, 1.165) is 53.3 Å². The lowest BCUT2D eigenvalue weighted by molar-refractivity contribution is 0.0950. The maximum absolute atomic E-state index is 13.3. The summed E-state index contributed by atoms with van der Waals surface area (Å²) in [6, 6.07) is 17.7. The molecule has 1 amide bonds. The Labute approximate surface area is 223 Å². The molecule has 4 aromatic rings. The number of ether oxygens (including phenoxy) is 1. The molecular formula is C32H33N3O3. The largest absolute Gasteiger partial charge is 0.496 e. The summed E-state index contributed by atoms with van der Waals surface area (Å²) in [5.74, 6) is 1.16. The molecule has 2 aromatic carbocycles. The smallest absolute Gasteiger partial charge is 0.252 e. The van der Waals surface area contributed by atoms with Gasteiger partial charge >= 0.3 is 0 Å². The molecule has 0 spiro atoms. The second-order valence-electron chi connectivity index (χ2n) is 9.99. The zero-order chi connectivity index (χ0) is 26.5. The maximum atomic E-state index is 13.3. The van der Waals surface area contributed by atoms with E-state index in [2.05, 4.69) is 34.3 Å². The minimum Gasteiger partial charge on any atom is -0.496 e. The number of carbonyl (C=O) groups excluding carboxylic acids is 2. The van der Waals surface area contributed by atoms with Gasteiger partial charge < -0.3 is 10.1 Å². The molecule has 5 rings (SSSR count). The molecule has 1 N–H and O–H groups in total. The van der Waals surface area contributed by atoms with Crippen LogP contribution in [0.5, 0.6) is 5.75 Å². The van der Waals surface area contributed by atoms with Crippen LogP contribution >= 0.6 is 0 Å². The Morgan fingerprint density at radius 2 is 1.84 bits per heavy atom. The third-order valence-corrected chi connectivity index (χ3v) is 7.11. The van der Waals surface area contributed by atoms with Gasteiger partial charge in [0.2, 0.25) is 0 Å². The number of pyridine rings is 2. The molecule has 6 nitrogen and oxygen atoms in total. The summed E-state index contributed by atoms with van der Waals surface area (Å²) >= 11 is 0. The predicted molar refractivity (Wildman–Crippen MR) is 150 cm³/mol. The lowest BCUT2D eigenvalue weighted by Gasteiger charge is -2.16. The SMILES string of the molecule is CCCCNC(=O)c1ccc(-c2cc3c(Cc4ccccc4)c(C(=O)CC4CC4)cnc3cc2OC)nc1. The van der Waals surface area contributed by atoms with Crippen LogP contribution in [0.3, 0.4) is 0 Å². The fourth-order valence-electron chi connectivity index (χ4n) is 4.74. The molecule has 0 bridgehead atoms. The van der Waals surface area contributed by atoms with Crippen molar-refractivity contribution in [2.24, 2.45) is 5.92 Å². The molecule has 0 unspecified atom stereocenters. The first-order valence-electron chi connectivity index (χ1n) is 13.4. The highest BCUT2D eigenvalue weighted by Crippen LogP contribution is 2.37.